The molecule has 0 amide bonds. The number of esters is 2. The summed E-state index contributed by atoms with van der Waals surface area (Å²) in [6, 6.07) is 0.150. The number of rotatable bonds is 4. The van der Waals surface area contributed by atoms with Gasteiger partial charge < -0.3 is 14.8 Å². The fourth-order valence-corrected chi connectivity index (χ4v) is 3.95. The van der Waals surface area contributed by atoms with Gasteiger partial charge in [-0.3, -0.25) is 9.59 Å². The normalized spacial score (nSPS) is 32.5. The van der Waals surface area contributed by atoms with Gasteiger partial charge in [0.1, 0.15) is 5.60 Å². The minimum absolute atomic E-state index is 0.0472. The molecule has 5 unspecified atom stereocenters. The van der Waals surface area contributed by atoms with E-state index in [1.54, 1.807) is 0 Å². The Kier molecular flexibility index (Phi) is 5.06. The molecule has 0 saturated heterocycles. The SMILES string of the molecule is CC(C)OC(=O)C1C2C(NC(C)(C)C)CC(C(=O)OC(C)(C)C)C12. The maximum Gasteiger partial charge on any atom is 0.309 e. The van der Waals surface area contributed by atoms with Gasteiger partial charge in [0.15, 0.2) is 0 Å². The van der Waals surface area contributed by atoms with Crippen molar-refractivity contribution < 1.29 is 19.1 Å². The average Bonchev–Trinajstić information content (AvgIpc) is 2.95. The maximum absolute atomic E-state index is 12.6. The van der Waals surface area contributed by atoms with Crippen LogP contribution in [0.4, 0.5) is 0 Å². The molecule has 5 nitrogen and oxygen atoms in total. The summed E-state index contributed by atoms with van der Waals surface area (Å²) in [7, 11) is 0. The molecular formula is C19H33NO4. The van der Waals surface area contributed by atoms with Crippen molar-refractivity contribution in [2.75, 3.05) is 0 Å². The monoisotopic (exact) mass is 339 g/mol. The lowest BCUT2D eigenvalue weighted by Gasteiger charge is -2.29. The van der Waals surface area contributed by atoms with Gasteiger partial charge in [-0.2, -0.15) is 0 Å². The Bertz CT molecular complexity index is 500. The zero-order chi connectivity index (χ0) is 18.4. The van der Waals surface area contributed by atoms with E-state index in [9.17, 15) is 9.59 Å². The molecule has 0 spiro atoms. The summed E-state index contributed by atoms with van der Waals surface area (Å²) in [4.78, 5) is 25.0. The van der Waals surface area contributed by atoms with Crippen molar-refractivity contribution in [1.29, 1.82) is 0 Å². The van der Waals surface area contributed by atoms with Gasteiger partial charge in [-0.05, 0) is 73.6 Å². The number of hydrogen-bond acceptors (Lipinski definition) is 5. The van der Waals surface area contributed by atoms with Crippen LogP contribution in [0.25, 0.3) is 0 Å². The van der Waals surface area contributed by atoms with Gasteiger partial charge in [-0.1, -0.05) is 0 Å². The Labute approximate surface area is 145 Å². The highest BCUT2D eigenvalue weighted by Gasteiger charge is 2.68. The molecule has 2 rings (SSSR count). The van der Waals surface area contributed by atoms with Gasteiger partial charge >= 0.3 is 11.9 Å². The van der Waals surface area contributed by atoms with Crippen LogP contribution < -0.4 is 5.32 Å². The van der Waals surface area contributed by atoms with Crippen LogP contribution in [-0.2, 0) is 19.1 Å². The summed E-state index contributed by atoms with van der Waals surface area (Å²) < 4.78 is 11.0. The van der Waals surface area contributed by atoms with Gasteiger partial charge in [0, 0.05) is 11.6 Å². The summed E-state index contributed by atoms with van der Waals surface area (Å²) in [6.07, 6.45) is 0.598. The van der Waals surface area contributed by atoms with Crippen LogP contribution in [0.2, 0.25) is 0 Å². The van der Waals surface area contributed by atoms with E-state index in [0.717, 1.165) is 6.42 Å². The summed E-state index contributed by atoms with van der Waals surface area (Å²) in [5.41, 5.74) is -0.571. The fourth-order valence-electron chi connectivity index (χ4n) is 3.95. The second kappa shape index (κ2) is 6.32. The van der Waals surface area contributed by atoms with Crippen LogP contribution >= 0.6 is 0 Å². The van der Waals surface area contributed by atoms with E-state index in [-0.39, 0.29) is 53.3 Å². The first-order chi connectivity index (χ1) is 10.8. The van der Waals surface area contributed by atoms with E-state index in [1.807, 2.05) is 34.6 Å². The quantitative estimate of drug-likeness (QED) is 0.798. The Morgan fingerprint density at radius 1 is 1.00 bits per heavy atom. The number of carbonyl (C=O) groups is 2. The van der Waals surface area contributed by atoms with Gasteiger partial charge in [-0.25, -0.2) is 0 Å². The Morgan fingerprint density at radius 3 is 2.04 bits per heavy atom. The van der Waals surface area contributed by atoms with Crippen LogP contribution in [-0.4, -0.2) is 35.2 Å². The van der Waals surface area contributed by atoms with Crippen LogP contribution in [0.5, 0.6) is 0 Å². The Hall–Kier alpha value is -1.10. The van der Waals surface area contributed by atoms with Crippen LogP contribution in [0.3, 0.4) is 0 Å². The second-order valence-electron chi connectivity index (χ2n) is 9.54. The van der Waals surface area contributed by atoms with Gasteiger partial charge in [0.25, 0.3) is 0 Å². The fraction of sp³-hybridized carbons (Fsp3) is 0.895. The summed E-state index contributed by atoms with van der Waals surface area (Å²) >= 11 is 0. The standard InChI is InChI=1S/C19H33NO4/c1-10(2)23-17(22)15-13-11(16(21)24-19(6,7)8)9-12(14(13)15)20-18(3,4)5/h10-15,20H,9H2,1-8H3. The van der Waals surface area contributed by atoms with E-state index >= 15 is 0 Å². The Balaban J connectivity index is 2.13. The molecule has 0 aromatic heterocycles. The smallest absolute Gasteiger partial charge is 0.309 e. The van der Waals surface area contributed by atoms with E-state index in [2.05, 4.69) is 26.1 Å². The molecule has 0 aromatic rings. The molecular weight excluding hydrogens is 306 g/mol. The van der Waals surface area contributed by atoms with Crippen molar-refractivity contribution in [3.8, 4) is 0 Å². The van der Waals surface area contributed by atoms with Crippen molar-refractivity contribution >= 4 is 11.9 Å². The van der Waals surface area contributed by atoms with Crippen molar-refractivity contribution in [3.05, 3.63) is 0 Å². The number of nitrogens with one attached hydrogen (secondary N) is 1. The first kappa shape index (κ1) is 19.2. The van der Waals surface area contributed by atoms with Gasteiger partial charge in [-0.15, -0.1) is 0 Å². The van der Waals surface area contributed by atoms with Crippen LogP contribution in [0.1, 0.15) is 61.8 Å². The van der Waals surface area contributed by atoms with Crippen LogP contribution in [0, 0.1) is 23.7 Å². The van der Waals surface area contributed by atoms with E-state index in [1.165, 1.54) is 0 Å². The minimum Gasteiger partial charge on any atom is -0.463 e. The predicted molar refractivity (Wildman–Crippen MR) is 92.3 cm³/mol. The van der Waals surface area contributed by atoms with Crippen molar-refractivity contribution in [1.82, 2.24) is 5.32 Å². The van der Waals surface area contributed by atoms with E-state index in [0.29, 0.717) is 0 Å². The molecule has 24 heavy (non-hydrogen) atoms. The highest BCUT2D eigenvalue weighted by atomic mass is 16.6. The first-order valence-electron chi connectivity index (χ1n) is 9.01. The molecule has 138 valence electrons. The van der Waals surface area contributed by atoms with E-state index in [4.69, 9.17) is 9.47 Å². The highest BCUT2D eigenvalue weighted by Crippen LogP contribution is 2.61. The molecule has 5 atom stereocenters. The lowest BCUT2D eigenvalue weighted by molar-refractivity contribution is -0.161. The molecule has 0 radical (unpaired) electrons. The first-order valence-corrected chi connectivity index (χ1v) is 9.01. The average molecular weight is 339 g/mol. The topological polar surface area (TPSA) is 64.6 Å². The summed E-state index contributed by atoms with van der Waals surface area (Å²) in [5, 5.41) is 3.58. The molecule has 2 aliphatic carbocycles. The highest BCUT2D eigenvalue weighted by molar-refractivity contribution is 5.82. The third-order valence-corrected chi connectivity index (χ3v) is 4.52. The number of carbonyl (C=O) groups excluding carboxylic acids is 2. The van der Waals surface area contributed by atoms with Crippen molar-refractivity contribution in [2.24, 2.45) is 23.7 Å². The van der Waals surface area contributed by atoms with Crippen LogP contribution in [0.15, 0.2) is 0 Å². The lowest BCUT2D eigenvalue weighted by atomic mass is 9.95. The minimum atomic E-state index is -0.509. The number of fused-ring (bicyclic) bond motifs is 1. The van der Waals surface area contributed by atoms with Crippen molar-refractivity contribution in [3.63, 3.8) is 0 Å². The van der Waals surface area contributed by atoms with Crippen molar-refractivity contribution in [2.45, 2.75) is 85.1 Å². The third-order valence-electron chi connectivity index (χ3n) is 4.52. The number of ether oxygens (including phenoxy) is 2. The zero-order valence-electron chi connectivity index (χ0n) is 16.3. The molecule has 0 heterocycles. The molecule has 2 aliphatic rings. The Morgan fingerprint density at radius 2 is 1.58 bits per heavy atom. The second-order valence-corrected chi connectivity index (χ2v) is 9.54. The van der Waals surface area contributed by atoms with Gasteiger partial charge in [0.2, 0.25) is 0 Å². The third kappa shape index (κ3) is 4.50. The largest absolute Gasteiger partial charge is 0.463 e. The molecule has 2 saturated carbocycles. The maximum atomic E-state index is 12.6. The molecule has 0 bridgehead atoms. The predicted octanol–water partition coefficient (Wildman–Crippen LogP) is 2.92. The zero-order valence-corrected chi connectivity index (χ0v) is 16.3. The molecule has 5 heteroatoms. The molecule has 2 fully saturated rings. The van der Waals surface area contributed by atoms with Gasteiger partial charge in [0.05, 0.1) is 17.9 Å². The lowest BCUT2D eigenvalue weighted by Crippen LogP contribution is -2.45. The molecule has 0 aromatic carbocycles. The summed E-state index contributed by atoms with van der Waals surface area (Å²) in [5.74, 6) is -0.541. The van der Waals surface area contributed by atoms with E-state index < -0.39 is 5.60 Å². The molecule has 0 aliphatic heterocycles. The summed E-state index contributed by atoms with van der Waals surface area (Å²) in [6.45, 7) is 15.6. The molecule has 1 N–H and O–H groups in total. The number of hydrogen-bond donors (Lipinski definition) is 1.